The minimum Gasteiger partial charge on any atom is -0.278 e. The summed E-state index contributed by atoms with van der Waals surface area (Å²) in [6, 6.07) is 14.9. The van der Waals surface area contributed by atoms with E-state index < -0.39 is 10.0 Å². The summed E-state index contributed by atoms with van der Waals surface area (Å²) >= 11 is 0. The maximum Gasteiger partial charge on any atom is 0.238 e. The van der Waals surface area contributed by atoms with Crippen molar-refractivity contribution in [2.75, 3.05) is 5.43 Å². The average Bonchev–Trinajstić information content (AvgIpc) is 2.66. The zero-order valence-corrected chi connectivity index (χ0v) is 15.8. The lowest BCUT2D eigenvalue weighted by molar-refractivity contribution is 0.443. The Bertz CT molecular complexity index is 866. The lowest BCUT2D eigenvalue weighted by Gasteiger charge is -2.22. The van der Waals surface area contributed by atoms with Gasteiger partial charge in [-0.1, -0.05) is 43.5 Å². The fourth-order valence-electron chi connectivity index (χ4n) is 3.36. The van der Waals surface area contributed by atoms with Crippen molar-refractivity contribution in [2.24, 2.45) is 10.2 Å². The highest BCUT2D eigenvalue weighted by molar-refractivity contribution is 7.89. The van der Waals surface area contributed by atoms with Crippen LogP contribution < -0.4 is 10.6 Å². The van der Waals surface area contributed by atoms with Gasteiger partial charge >= 0.3 is 0 Å². The van der Waals surface area contributed by atoms with E-state index in [2.05, 4.69) is 34.8 Å². The molecule has 138 valence electrons. The third kappa shape index (κ3) is 4.71. The summed E-state index contributed by atoms with van der Waals surface area (Å²) in [7, 11) is -3.67. The second-order valence-electron chi connectivity index (χ2n) is 6.84. The predicted octanol–water partition coefficient (Wildman–Crippen LogP) is 4.22. The summed E-state index contributed by atoms with van der Waals surface area (Å²) in [4.78, 5) is 0.0852. The Balaban J connectivity index is 1.65. The molecule has 3 rings (SSSR count). The molecular formula is C20H25N3O2S. The number of nitrogens with one attached hydrogen (secondary N) is 1. The molecule has 1 saturated carbocycles. The van der Waals surface area contributed by atoms with E-state index in [0.717, 1.165) is 11.3 Å². The lowest BCUT2D eigenvalue weighted by Crippen LogP contribution is -2.11. The van der Waals surface area contributed by atoms with Gasteiger partial charge in [0.15, 0.2) is 0 Å². The molecule has 0 aliphatic heterocycles. The van der Waals surface area contributed by atoms with E-state index in [-0.39, 0.29) is 4.90 Å². The van der Waals surface area contributed by atoms with Crippen molar-refractivity contribution in [1.82, 2.24) is 0 Å². The van der Waals surface area contributed by atoms with Crippen LogP contribution in [0.15, 0.2) is 58.5 Å². The van der Waals surface area contributed by atoms with Crippen molar-refractivity contribution in [2.45, 2.75) is 49.8 Å². The number of rotatable bonds is 5. The molecule has 2 aromatic carbocycles. The molecule has 1 aliphatic carbocycles. The third-order valence-corrected chi connectivity index (χ3v) is 5.87. The van der Waals surface area contributed by atoms with Gasteiger partial charge in [-0.15, -0.1) is 0 Å². The Morgan fingerprint density at radius 2 is 1.62 bits per heavy atom. The molecule has 0 bridgehead atoms. The van der Waals surface area contributed by atoms with Crippen LogP contribution in [0, 0.1) is 0 Å². The van der Waals surface area contributed by atoms with Gasteiger partial charge in [0.25, 0.3) is 0 Å². The number of nitrogens with two attached hydrogens (primary N) is 1. The summed E-state index contributed by atoms with van der Waals surface area (Å²) in [5.41, 5.74) is 7.02. The van der Waals surface area contributed by atoms with Crippen LogP contribution >= 0.6 is 0 Å². The van der Waals surface area contributed by atoms with E-state index in [1.165, 1.54) is 49.8 Å². The van der Waals surface area contributed by atoms with Crippen molar-refractivity contribution in [3.8, 4) is 0 Å². The van der Waals surface area contributed by atoms with E-state index in [1.54, 1.807) is 12.1 Å². The van der Waals surface area contributed by atoms with E-state index in [1.807, 2.05) is 6.92 Å². The Kier molecular flexibility index (Phi) is 5.74. The second kappa shape index (κ2) is 8.01. The fourth-order valence-corrected chi connectivity index (χ4v) is 3.88. The van der Waals surface area contributed by atoms with Crippen molar-refractivity contribution in [3.05, 3.63) is 59.7 Å². The van der Waals surface area contributed by atoms with Crippen LogP contribution in [0.25, 0.3) is 0 Å². The van der Waals surface area contributed by atoms with Gasteiger partial charge in [-0.2, -0.15) is 5.10 Å². The van der Waals surface area contributed by atoms with E-state index >= 15 is 0 Å². The van der Waals surface area contributed by atoms with Crippen LogP contribution in [0.4, 0.5) is 5.69 Å². The highest BCUT2D eigenvalue weighted by atomic mass is 32.2. The zero-order chi connectivity index (χ0) is 18.6. The normalized spacial score (nSPS) is 16.5. The number of anilines is 1. The Labute approximate surface area is 155 Å². The lowest BCUT2D eigenvalue weighted by atomic mass is 9.84. The van der Waals surface area contributed by atoms with Gasteiger partial charge in [0.2, 0.25) is 10.0 Å². The maximum atomic E-state index is 11.3. The molecule has 6 heteroatoms. The molecule has 0 radical (unpaired) electrons. The molecule has 26 heavy (non-hydrogen) atoms. The Morgan fingerprint density at radius 1 is 1.00 bits per heavy atom. The average molecular weight is 372 g/mol. The zero-order valence-electron chi connectivity index (χ0n) is 15.0. The highest BCUT2D eigenvalue weighted by Crippen LogP contribution is 2.32. The van der Waals surface area contributed by atoms with Crippen molar-refractivity contribution in [3.63, 3.8) is 0 Å². The quantitative estimate of drug-likeness (QED) is 0.610. The van der Waals surface area contributed by atoms with Gasteiger partial charge in [-0.3, -0.25) is 5.43 Å². The van der Waals surface area contributed by atoms with Crippen LogP contribution in [0.2, 0.25) is 0 Å². The molecular weight excluding hydrogens is 346 g/mol. The number of sulfonamides is 1. The number of benzene rings is 2. The number of hydrogen-bond donors (Lipinski definition) is 2. The standard InChI is InChI=1S/C20H25N3O2S/c1-15(22-23-19-11-13-20(14-12-19)26(21,24)25)16-7-9-18(10-8-16)17-5-3-2-4-6-17/h7-14,17,23H,2-6H2,1H3,(H2,21,24,25)/b22-15+. The summed E-state index contributed by atoms with van der Waals surface area (Å²) < 4.78 is 22.5. The van der Waals surface area contributed by atoms with Gasteiger partial charge in [0.1, 0.15) is 0 Å². The first-order chi connectivity index (χ1) is 12.4. The smallest absolute Gasteiger partial charge is 0.238 e. The number of primary sulfonamides is 1. The van der Waals surface area contributed by atoms with E-state index in [4.69, 9.17) is 5.14 Å². The molecule has 0 atom stereocenters. The predicted molar refractivity (Wildman–Crippen MR) is 106 cm³/mol. The molecule has 0 saturated heterocycles. The minimum absolute atomic E-state index is 0.0852. The van der Waals surface area contributed by atoms with E-state index in [0.29, 0.717) is 11.6 Å². The topological polar surface area (TPSA) is 84.5 Å². The monoisotopic (exact) mass is 371 g/mol. The SMILES string of the molecule is C/C(=N\Nc1ccc(S(N)(=O)=O)cc1)c1ccc(C2CCCCC2)cc1. The first kappa shape index (κ1) is 18.6. The molecule has 2 aromatic rings. The van der Waals surface area contributed by atoms with Gasteiger partial charge in [-0.25, -0.2) is 13.6 Å². The maximum absolute atomic E-state index is 11.3. The molecule has 5 nitrogen and oxygen atoms in total. The first-order valence-electron chi connectivity index (χ1n) is 8.97. The molecule has 0 unspecified atom stereocenters. The summed E-state index contributed by atoms with van der Waals surface area (Å²) in [6.45, 7) is 1.95. The molecule has 1 aliphatic rings. The molecule has 0 aromatic heterocycles. The molecule has 3 N–H and O–H groups in total. The Morgan fingerprint density at radius 3 is 2.19 bits per heavy atom. The molecule has 0 heterocycles. The first-order valence-corrected chi connectivity index (χ1v) is 10.5. The number of nitrogens with zero attached hydrogens (tertiary/aromatic N) is 1. The number of hydrazone groups is 1. The molecule has 1 fully saturated rings. The second-order valence-corrected chi connectivity index (χ2v) is 8.40. The van der Waals surface area contributed by atoms with Crippen LogP contribution in [-0.2, 0) is 10.0 Å². The van der Waals surface area contributed by atoms with Crippen LogP contribution in [0.1, 0.15) is 56.1 Å². The van der Waals surface area contributed by atoms with Gasteiger partial charge in [0, 0.05) is 0 Å². The third-order valence-electron chi connectivity index (χ3n) is 4.94. The van der Waals surface area contributed by atoms with Crippen molar-refractivity contribution in [1.29, 1.82) is 0 Å². The number of hydrogen-bond acceptors (Lipinski definition) is 4. The molecule has 0 amide bonds. The van der Waals surface area contributed by atoms with Crippen LogP contribution in [-0.4, -0.2) is 14.1 Å². The summed E-state index contributed by atoms with van der Waals surface area (Å²) in [5.74, 6) is 0.700. The van der Waals surface area contributed by atoms with Crippen molar-refractivity contribution >= 4 is 21.4 Å². The van der Waals surface area contributed by atoms with Gasteiger partial charge < -0.3 is 0 Å². The fraction of sp³-hybridized carbons (Fsp3) is 0.350. The van der Waals surface area contributed by atoms with E-state index in [9.17, 15) is 8.42 Å². The summed E-state index contributed by atoms with van der Waals surface area (Å²) in [5, 5.41) is 9.48. The van der Waals surface area contributed by atoms with Crippen LogP contribution in [0.5, 0.6) is 0 Å². The van der Waals surface area contributed by atoms with Crippen LogP contribution in [0.3, 0.4) is 0 Å². The molecule has 0 spiro atoms. The van der Waals surface area contributed by atoms with Gasteiger partial charge in [0.05, 0.1) is 16.3 Å². The van der Waals surface area contributed by atoms with Crippen molar-refractivity contribution < 1.29 is 8.42 Å². The Hall–Kier alpha value is -2.18. The highest BCUT2D eigenvalue weighted by Gasteiger charge is 2.15. The van der Waals surface area contributed by atoms with Gasteiger partial charge in [-0.05, 0) is 61.1 Å². The largest absolute Gasteiger partial charge is 0.278 e. The minimum atomic E-state index is -3.67. The summed E-state index contributed by atoms with van der Waals surface area (Å²) in [6.07, 6.45) is 6.62.